The van der Waals surface area contributed by atoms with Crippen LogP contribution in [0.15, 0.2) is 48.0 Å². The number of rotatable bonds is 6. The summed E-state index contributed by atoms with van der Waals surface area (Å²) in [6, 6.07) is 14.6. The highest BCUT2D eigenvalue weighted by Crippen LogP contribution is 2.29. The van der Waals surface area contributed by atoms with Crippen molar-refractivity contribution >= 4 is 17.7 Å². The number of benzene rings is 2. The van der Waals surface area contributed by atoms with Crippen molar-refractivity contribution in [3.8, 4) is 17.6 Å². The molecule has 0 aliphatic carbocycles. The summed E-state index contributed by atoms with van der Waals surface area (Å²) < 4.78 is 10.8. The number of hydrogen-bond acceptors (Lipinski definition) is 4. The summed E-state index contributed by atoms with van der Waals surface area (Å²) in [4.78, 5) is 12.4. The molecule has 2 aromatic carbocycles. The molecule has 0 heterocycles. The molecule has 2 aromatic rings. The largest absolute Gasteiger partial charge is 0.493 e. The van der Waals surface area contributed by atoms with E-state index in [-0.39, 0.29) is 5.57 Å². The average Bonchev–Trinajstić information content (AvgIpc) is 2.62. The van der Waals surface area contributed by atoms with E-state index in [2.05, 4.69) is 5.32 Å². The molecule has 0 radical (unpaired) electrons. The van der Waals surface area contributed by atoms with Crippen molar-refractivity contribution in [3.63, 3.8) is 0 Å². The number of carbonyl (C=O) groups is 1. The van der Waals surface area contributed by atoms with Crippen LogP contribution in [0.5, 0.6) is 11.5 Å². The Labute approximate surface area is 147 Å². The van der Waals surface area contributed by atoms with Crippen molar-refractivity contribution in [2.24, 2.45) is 0 Å². The SMILES string of the molecule is CCOc1ccc(C=C(C#N)C(=O)Nc2ccccc2C)cc1OC. The van der Waals surface area contributed by atoms with E-state index in [4.69, 9.17) is 9.47 Å². The molecule has 0 saturated heterocycles. The van der Waals surface area contributed by atoms with E-state index < -0.39 is 5.91 Å². The molecular weight excluding hydrogens is 316 g/mol. The fourth-order valence-electron chi connectivity index (χ4n) is 2.27. The molecule has 0 aromatic heterocycles. The van der Waals surface area contributed by atoms with Gasteiger partial charge in [-0.3, -0.25) is 4.79 Å². The first-order valence-electron chi connectivity index (χ1n) is 7.88. The van der Waals surface area contributed by atoms with Gasteiger partial charge in [0.25, 0.3) is 5.91 Å². The third kappa shape index (κ3) is 4.61. The minimum absolute atomic E-state index is 0.00876. The lowest BCUT2D eigenvalue weighted by molar-refractivity contribution is -0.112. The van der Waals surface area contributed by atoms with E-state index in [0.717, 1.165) is 5.56 Å². The predicted octanol–water partition coefficient (Wildman–Crippen LogP) is 3.95. The molecular formula is C20H20N2O3. The summed E-state index contributed by atoms with van der Waals surface area (Å²) in [5.74, 6) is 0.710. The van der Waals surface area contributed by atoms with E-state index >= 15 is 0 Å². The Kier molecular flexibility index (Phi) is 6.19. The lowest BCUT2D eigenvalue weighted by Gasteiger charge is -2.10. The number of nitrogens with zero attached hydrogens (tertiary/aromatic N) is 1. The molecule has 0 atom stereocenters. The highest BCUT2D eigenvalue weighted by Gasteiger charge is 2.12. The Morgan fingerprint density at radius 1 is 1.24 bits per heavy atom. The standard InChI is InChI=1S/C20H20N2O3/c1-4-25-18-10-9-15(12-19(18)24-3)11-16(13-21)20(23)22-17-8-6-5-7-14(17)2/h5-12H,4H2,1-3H3,(H,22,23). The molecule has 2 rings (SSSR count). The van der Waals surface area contributed by atoms with Crippen LogP contribution in [0.4, 0.5) is 5.69 Å². The Balaban J connectivity index is 2.26. The van der Waals surface area contributed by atoms with Crippen LogP contribution in [0, 0.1) is 18.3 Å². The topological polar surface area (TPSA) is 71.3 Å². The number of anilines is 1. The van der Waals surface area contributed by atoms with Gasteiger partial charge in [-0.15, -0.1) is 0 Å². The Morgan fingerprint density at radius 3 is 2.64 bits per heavy atom. The number of nitrogens with one attached hydrogen (secondary N) is 1. The first-order valence-corrected chi connectivity index (χ1v) is 7.88. The highest BCUT2D eigenvalue weighted by atomic mass is 16.5. The average molecular weight is 336 g/mol. The molecule has 0 unspecified atom stereocenters. The van der Waals surface area contributed by atoms with E-state index in [9.17, 15) is 10.1 Å². The van der Waals surface area contributed by atoms with Crippen LogP contribution in [-0.4, -0.2) is 19.6 Å². The summed E-state index contributed by atoms with van der Waals surface area (Å²) in [7, 11) is 1.54. The van der Waals surface area contributed by atoms with Crippen molar-refractivity contribution < 1.29 is 14.3 Å². The molecule has 1 amide bonds. The Morgan fingerprint density at radius 2 is 2.00 bits per heavy atom. The molecule has 128 valence electrons. The second kappa shape index (κ2) is 8.55. The fraction of sp³-hybridized carbons (Fsp3) is 0.200. The third-order valence-corrected chi connectivity index (χ3v) is 3.56. The van der Waals surface area contributed by atoms with Gasteiger partial charge in [0.05, 0.1) is 13.7 Å². The summed E-state index contributed by atoms with van der Waals surface area (Å²) in [5, 5.41) is 12.1. The Bertz CT molecular complexity index is 835. The minimum Gasteiger partial charge on any atom is -0.493 e. The molecule has 5 nitrogen and oxygen atoms in total. The summed E-state index contributed by atoms with van der Waals surface area (Å²) in [6.45, 7) is 4.30. The highest BCUT2D eigenvalue weighted by molar-refractivity contribution is 6.10. The van der Waals surface area contributed by atoms with Gasteiger partial charge in [-0.25, -0.2) is 0 Å². The van der Waals surface area contributed by atoms with E-state index in [1.807, 2.05) is 38.1 Å². The summed E-state index contributed by atoms with van der Waals surface area (Å²) in [5.41, 5.74) is 2.29. The predicted molar refractivity (Wildman–Crippen MR) is 97.6 cm³/mol. The van der Waals surface area contributed by atoms with Crippen LogP contribution in [0.3, 0.4) is 0 Å². The quantitative estimate of drug-likeness (QED) is 0.640. The minimum atomic E-state index is -0.454. The zero-order valence-electron chi connectivity index (χ0n) is 14.5. The normalized spacial score (nSPS) is 10.7. The first-order chi connectivity index (χ1) is 12.1. The van der Waals surface area contributed by atoms with Gasteiger partial charge in [0.15, 0.2) is 11.5 Å². The summed E-state index contributed by atoms with van der Waals surface area (Å²) in [6.07, 6.45) is 1.52. The first kappa shape index (κ1) is 18.1. The number of para-hydroxylation sites is 1. The van der Waals surface area contributed by atoms with Crippen molar-refractivity contribution in [1.82, 2.24) is 0 Å². The van der Waals surface area contributed by atoms with Gasteiger partial charge in [0.2, 0.25) is 0 Å². The smallest absolute Gasteiger partial charge is 0.266 e. The lowest BCUT2D eigenvalue weighted by Crippen LogP contribution is -2.14. The van der Waals surface area contributed by atoms with Crippen LogP contribution in [0.25, 0.3) is 6.08 Å². The van der Waals surface area contributed by atoms with Gasteiger partial charge in [-0.05, 0) is 49.2 Å². The van der Waals surface area contributed by atoms with Crippen molar-refractivity contribution in [2.45, 2.75) is 13.8 Å². The maximum Gasteiger partial charge on any atom is 0.266 e. The number of ether oxygens (including phenoxy) is 2. The van der Waals surface area contributed by atoms with Gasteiger partial charge < -0.3 is 14.8 Å². The van der Waals surface area contributed by atoms with Crippen molar-refractivity contribution in [2.75, 3.05) is 19.0 Å². The number of nitriles is 1. The molecule has 0 bridgehead atoms. The van der Waals surface area contributed by atoms with Crippen LogP contribution < -0.4 is 14.8 Å². The third-order valence-electron chi connectivity index (χ3n) is 3.56. The molecule has 0 aliphatic heterocycles. The van der Waals surface area contributed by atoms with Crippen LogP contribution in [-0.2, 0) is 4.79 Å². The maximum atomic E-state index is 12.4. The van der Waals surface area contributed by atoms with Gasteiger partial charge >= 0.3 is 0 Å². The molecule has 0 saturated carbocycles. The molecule has 1 N–H and O–H groups in total. The number of methoxy groups -OCH3 is 1. The number of hydrogen-bond donors (Lipinski definition) is 1. The van der Waals surface area contributed by atoms with Crippen LogP contribution in [0.1, 0.15) is 18.1 Å². The van der Waals surface area contributed by atoms with E-state index in [1.54, 1.807) is 31.4 Å². The molecule has 0 spiro atoms. The van der Waals surface area contributed by atoms with Gasteiger partial charge in [-0.1, -0.05) is 24.3 Å². The van der Waals surface area contributed by atoms with E-state index in [0.29, 0.717) is 29.4 Å². The number of carbonyl (C=O) groups excluding carboxylic acids is 1. The van der Waals surface area contributed by atoms with E-state index in [1.165, 1.54) is 6.08 Å². The zero-order valence-corrected chi connectivity index (χ0v) is 14.5. The van der Waals surface area contributed by atoms with Crippen molar-refractivity contribution in [1.29, 1.82) is 5.26 Å². The lowest BCUT2D eigenvalue weighted by atomic mass is 10.1. The van der Waals surface area contributed by atoms with Gasteiger partial charge in [-0.2, -0.15) is 5.26 Å². The van der Waals surface area contributed by atoms with Crippen LogP contribution in [0.2, 0.25) is 0 Å². The van der Waals surface area contributed by atoms with Crippen LogP contribution >= 0.6 is 0 Å². The fourth-order valence-corrected chi connectivity index (χ4v) is 2.27. The number of amides is 1. The van der Waals surface area contributed by atoms with Gasteiger partial charge in [0.1, 0.15) is 11.6 Å². The molecule has 0 fully saturated rings. The molecule has 0 aliphatic rings. The molecule has 25 heavy (non-hydrogen) atoms. The zero-order chi connectivity index (χ0) is 18.2. The summed E-state index contributed by atoms with van der Waals surface area (Å²) >= 11 is 0. The second-order valence-corrected chi connectivity index (χ2v) is 5.28. The van der Waals surface area contributed by atoms with Gasteiger partial charge in [0, 0.05) is 5.69 Å². The number of aryl methyl sites for hydroxylation is 1. The van der Waals surface area contributed by atoms with Crippen molar-refractivity contribution in [3.05, 3.63) is 59.2 Å². The molecule has 5 heteroatoms. The maximum absolute atomic E-state index is 12.4. The monoisotopic (exact) mass is 336 g/mol. The second-order valence-electron chi connectivity index (χ2n) is 5.28. The Hall–Kier alpha value is -3.26.